The third kappa shape index (κ3) is 5.62. The maximum absolute atomic E-state index is 5.65. The number of nitrogens with one attached hydrogen (secondary N) is 2. The van der Waals surface area contributed by atoms with Crippen molar-refractivity contribution < 1.29 is 9.47 Å². The SMILES string of the molecule is CCOc1cc(CCCNC(=NC)NCc2nnc3n2CCCC3)ccc1OC. The molecule has 1 aliphatic rings. The lowest BCUT2D eigenvalue weighted by atomic mass is 10.1. The van der Waals surface area contributed by atoms with E-state index in [2.05, 4.69) is 42.5 Å². The van der Waals surface area contributed by atoms with Crippen LogP contribution in [-0.4, -0.2) is 48.0 Å². The van der Waals surface area contributed by atoms with Crippen molar-refractivity contribution in [2.75, 3.05) is 27.3 Å². The van der Waals surface area contributed by atoms with Crippen molar-refractivity contribution >= 4 is 5.96 Å². The molecule has 0 spiro atoms. The number of methoxy groups -OCH3 is 1. The first-order chi connectivity index (χ1) is 14.2. The first-order valence-electron chi connectivity index (χ1n) is 10.4. The van der Waals surface area contributed by atoms with Crippen LogP contribution in [0.3, 0.4) is 0 Å². The van der Waals surface area contributed by atoms with Crippen molar-refractivity contribution in [1.29, 1.82) is 0 Å². The zero-order valence-electron chi connectivity index (χ0n) is 17.7. The van der Waals surface area contributed by atoms with E-state index in [1.165, 1.54) is 18.4 Å². The van der Waals surface area contributed by atoms with Gasteiger partial charge in [-0.15, -0.1) is 10.2 Å². The summed E-state index contributed by atoms with van der Waals surface area (Å²) in [5, 5.41) is 15.3. The molecule has 8 heteroatoms. The van der Waals surface area contributed by atoms with Crippen LogP contribution in [0.4, 0.5) is 0 Å². The number of hydrogen-bond donors (Lipinski definition) is 2. The number of rotatable bonds is 9. The number of fused-ring (bicyclic) bond motifs is 1. The summed E-state index contributed by atoms with van der Waals surface area (Å²) in [5.41, 5.74) is 1.23. The summed E-state index contributed by atoms with van der Waals surface area (Å²) in [5.74, 6) is 4.43. The van der Waals surface area contributed by atoms with Gasteiger partial charge in [0.05, 0.1) is 20.3 Å². The summed E-state index contributed by atoms with van der Waals surface area (Å²) in [4.78, 5) is 4.31. The summed E-state index contributed by atoms with van der Waals surface area (Å²) in [6, 6.07) is 6.11. The number of nitrogens with zero attached hydrogens (tertiary/aromatic N) is 4. The van der Waals surface area contributed by atoms with Crippen LogP contribution < -0.4 is 20.1 Å². The lowest BCUT2D eigenvalue weighted by Gasteiger charge is -2.16. The number of hydrogen-bond acceptors (Lipinski definition) is 5. The molecule has 29 heavy (non-hydrogen) atoms. The molecule has 0 saturated heterocycles. The first kappa shape index (κ1) is 21.0. The zero-order valence-corrected chi connectivity index (χ0v) is 17.7. The van der Waals surface area contributed by atoms with Crippen molar-refractivity contribution in [2.24, 2.45) is 4.99 Å². The minimum Gasteiger partial charge on any atom is -0.493 e. The van der Waals surface area contributed by atoms with E-state index in [4.69, 9.17) is 9.47 Å². The van der Waals surface area contributed by atoms with Gasteiger partial charge in [-0.2, -0.15) is 0 Å². The Balaban J connectivity index is 1.43. The molecule has 0 saturated carbocycles. The van der Waals surface area contributed by atoms with E-state index in [0.29, 0.717) is 13.2 Å². The molecule has 0 amide bonds. The van der Waals surface area contributed by atoms with Crippen LogP contribution in [0.2, 0.25) is 0 Å². The molecule has 1 aliphatic heterocycles. The second kappa shape index (κ2) is 10.7. The topological polar surface area (TPSA) is 85.6 Å². The van der Waals surface area contributed by atoms with Crippen molar-refractivity contribution in [1.82, 2.24) is 25.4 Å². The van der Waals surface area contributed by atoms with Crippen LogP contribution in [0.15, 0.2) is 23.2 Å². The maximum Gasteiger partial charge on any atom is 0.191 e. The van der Waals surface area contributed by atoms with Crippen molar-refractivity contribution in [2.45, 2.75) is 52.1 Å². The standard InChI is InChI=1S/C21H32N6O2/c1-4-29-18-14-16(10-11-17(18)28-3)8-7-12-23-21(22-2)24-15-20-26-25-19-9-5-6-13-27(19)20/h10-11,14H,4-9,12-13,15H2,1-3H3,(H2,22,23,24). The Labute approximate surface area is 172 Å². The van der Waals surface area contributed by atoms with Crippen LogP contribution in [0.1, 0.15) is 43.4 Å². The van der Waals surface area contributed by atoms with Gasteiger partial charge in [-0.25, -0.2) is 0 Å². The highest BCUT2D eigenvalue weighted by Crippen LogP contribution is 2.28. The molecular weight excluding hydrogens is 368 g/mol. The molecule has 2 heterocycles. The van der Waals surface area contributed by atoms with Crippen molar-refractivity contribution in [3.8, 4) is 11.5 Å². The van der Waals surface area contributed by atoms with Crippen LogP contribution >= 0.6 is 0 Å². The highest BCUT2D eigenvalue weighted by molar-refractivity contribution is 5.79. The van der Waals surface area contributed by atoms with Crippen LogP contribution in [0, 0.1) is 0 Å². The summed E-state index contributed by atoms with van der Waals surface area (Å²) in [6.45, 7) is 5.07. The first-order valence-corrected chi connectivity index (χ1v) is 10.4. The van der Waals surface area contributed by atoms with Crippen molar-refractivity contribution in [3.05, 3.63) is 35.4 Å². The van der Waals surface area contributed by atoms with Gasteiger partial charge < -0.3 is 24.7 Å². The average molecular weight is 401 g/mol. The summed E-state index contributed by atoms with van der Waals surface area (Å²) in [7, 11) is 3.45. The van der Waals surface area contributed by atoms with Gasteiger partial charge in [0.2, 0.25) is 0 Å². The predicted octanol–water partition coefficient (Wildman–Crippen LogP) is 2.32. The van der Waals surface area contributed by atoms with Crippen molar-refractivity contribution in [3.63, 3.8) is 0 Å². The monoisotopic (exact) mass is 400 g/mol. The summed E-state index contributed by atoms with van der Waals surface area (Å²) in [6.07, 6.45) is 5.36. The van der Waals surface area contributed by atoms with Gasteiger partial charge in [0.25, 0.3) is 0 Å². The molecular formula is C21H32N6O2. The van der Waals surface area contributed by atoms with E-state index in [0.717, 1.165) is 61.5 Å². The molecule has 1 aromatic carbocycles. The molecule has 3 rings (SSSR count). The van der Waals surface area contributed by atoms with Gasteiger partial charge >= 0.3 is 0 Å². The Bertz CT molecular complexity index is 817. The fourth-order valence-electron chi connectivity index (χ4n) is 3.53. The molecule has 0 atom stereocenters. The fourth-order valence-corrected chi connectivity index (χ4v) is 3.53. The lowest BCUT2D eigenvalue weighted by molar-refractivity contribution is 0.310. The summed E-state index contributed by atoms with van der Waals surface area (Å²) < 4.78 is 13.2. The average Bonchev–Trinajstić information content (AvgIpc) is 3.17. The molecule has 2 aromatic rings. The Kier molecular flexibility index (Phi) is 7.72. The number of benzene rings is 1. The molecule has 0 radical (unpaired) electrons. The van der Waals surface area contributed by atoms with E-state index in [1.807, 2.05) is 13.0 Å². The third-order valence-electron chi connectivity index (χ3n) is 5.04. The number of ether oxygens (including phenoxy) is 2. The van der Waals surface area contributed by atoms with E-state index >= 15 is 0 Å². The van der Waals surface area contributed by atoms with Gasteiger partial charge in [0.1, 0.15) is 5.82 Å². The number of aliphatic imine (C=N–C) groups is 1. The van der Waals surface area contributed by atoms with Gasteiger partial charge in [-0.05, 0) is 50.3 Å². The lowest BCUT2D eigenvalue weighted by Crippen LogP contribution is -2.38. The van der Waals surface area contributed by atoms with E-state index < -0.39 is 0 Å². The van der Waals surface area contributed by atoms with Gasteiger partial charge in [-0.3, -0.25) is 4.99 Å². The highest BCUT2D eigenvalue weighted by atomic mass is 16.5. The summed E-state index contributed by atoms with van der Waals surface area (Å²) >= 11 is 0. The fraction of sp³-hybridized carbons (Fsp3) is 0.571. The Morgan fingerprint density at radius 3 is 2.90 bits per heavy atom. The number of aromatic nitrogens is 3. The highest BCUT2D eigenvalue weighted by Gasteiger charge is 2.15. The second-order valence-corrected chi connectivity index (χ2v) is 7.02. The van der Waals surface area contributed by atoms with E-state index in [-0.39, 0.29) is 0 Å². The van der Waals surface area contributed by atoms with Crippen LogP contribution in [0.5, 0.6) is 11.5 Å². The van der Waals surface area contributed by atoms with Gasteiger partial charge in [0, 0.05) is 26.6 Å². The molecule has 1 aromatic heterocycles. The molecule has 0 aliphatic carbocycles. The largest absolute Gasteiger partial charge is 0.493 e. The molecule has 8 nitrogen and oxygen atoms in total. The molecule has 0 fully saturated rings. The predicted molar refractivity (Wildman–Crippen MR) is 114 cm³/mol. The Morgan fingerprint density at radius 2 is 2.10 bits per heavy atom. The van der Waals surface area contributed by atoms with Gasteiger partial charge in [0.15, 0.2) is 23.3 Å². The van der Waals surface area contributed by atoms with Crippen LogP contribution in [-0.2, 0) is 25.9 Å². The minimum atomic E-state index is 0.624. The third-order valence-corrected chi connectivity index (χ3v) is 5.04. The molecule has 0 unspecified atom stereocenters. The van der Waals surface area contributed by atoms with E-state index in [9.17, 15) is 0 Å². The maximum atomic E-state index is 5.65. The Hall–Kier alpha value is -2.77. The number of aryl methyl sites for hydroxylation is 2. The molecule has 2 N–H and O–H groups in total. The second-order valence-electron chi connectivity index (χ2n) is 7.02. The zero-order chi connectivity index (χ0) is 20.5. The smallest absolute Gasteiger partial charge is 0.191 e. The van der Waals surface area contributed by atoms with E-state index in [1.54, 1.807) is 14.2 Å². The number of guanidine groups is 1. The van der Waals surface area contributed by atoms with Gasteiger partial charge in [-0.1, -0.05) is 6.07 Å². The normalized spacial score (nSPS) is 13.7. The quantitative estimate of drug-likeness (QED) is 0.382. The minimum absolute atomic E-state index is 0.624. The molecule has 158 valence electrons. The van der Waals surface area contributed by atoms with Crippen LogP contribution in [0.25, 0.3) is 0 Å². The molecule has 0 bridgehead atoms. The Morgan fingerprint density at radius 1 is 1.21 bits per heavy atom.